The highest BCUT2D eigenvalue weighted by Crippen LogP contribution is 2.21. The number of halogens is 1. The minimum atomic E-state index is 0.572. The number of aromatic nitrogens is 3. The zero-order valence-corrected chi connectivity index (χ0v) is 9.60. The van der Waals surface area contributed by atoms with E-state index in [-0.39, 0.29) is 0 Å². The molecule has 0 aromatic carbocycles. The Morgan fingerprint density at radius 2 is 2.07 bits per heavy atom. The molecule has 0 bridgehead atoms. The zero-order valence-electron chi connectivity index (χ0n) is 8.01. The summed E-state index contributed by atoms with van der Waals surface area (Å²) in [6, 6.07) is 5.54. The van der Waals surface area contributed by atoms with E-state index in [2.05, 4.69) is 30.9 Å². The SMILES string of the molecule is COc1cc(-c2cc(Br)ncn2)ccn1. The van der Waals surface area contributed by atoms with Gasteiger partial charge >= 0.3 is 0 Å². The van der Waals surface area contributed by atoms with Crippen LogP contribution in [0, 0.1) is 0 Å². The van der Waals surface area contributed by atoms with Crippen molar-refractivity contribution in [3.8, 4) is 17.1 Å². The Balaban J connectivity index is 2.44. The largest absolute Gasteiger partial charge is 0.481 e. The van der Waals surface area contributed by atoms with Crippen LogP contribution in [0.4, 0.5) is 0 Å². The van der Waals surface area contributed by atoms with Crippen LogP contribution in [0.5, 0.6) is 5.88 Å². The number of rotatable bonds is 2. The number of pyridine rings is 1. The summed E-state index contributed by atoms with van der Waals surface area (Å²) in [4.78, 5) is 12.2. The molecule has 2 aromatic rings. The third-order valence-electron chi connectivity index (χ3n) is 1.87. The van der Waals surface area contributed by atoms with Crippen LogP contribution >= 0.6 is 15.9 Å². The predicted octanol–water partition coefficient (Wildman–Crippen LogP) is 2.31. The molecule has 0 saturated carbocycles. The van der Waals surface area contributed by atoms with E-state index < -0.39 is 0 Å². The molecule has 2 rings (SSSR count). The molecule has 5 heteroatoms. The van der Waals surface area contributed by atoms with Crippen LogP contribution in [-0.2, 0) is 0 Å². The van der Waals surface area contributed by atoms with E-state index in [0.29, 0.717) is 5.88 Å². The average Bonchev–Trinajstić information content (AvgIpc) is 2.29. The van der Waals surface area contributed by atoms with Gasteiger partial charge in [-0.25, -0.2) is 15.0 Å². The smallest absolute Gasteiger partial charge is 0.213 e. The van der Waals surface area contributed by atoms with Crippen molar-refractivity contribution in [3.05, 3.63) is 35.3 Å². The van der Waals surface area contributed by atoms with Crippen molar-refractivity contribution in [1.82, 2.24) is 15.0 Å². The molecule has 0 fully saturated rings. The van der Waals surface area contributed by atoms with Gasteiger partial charge in [0.2, 0.25) is 5.88 Å². The molecule has 4 nitrogen and oxygen atoms in total. The van der Waals surface area contributed by atoms with E-state index in [4.69, 9.17) is 4.74 Å². The highest BCUT2D eigenvalue weighted by Gasteiger charge is 2.02. The van der Waals surface area contributed by atoms with Crippen molar-refractivity contribution in [3.63, 3.8) is 0 Å². The molecule has 15 heavy (non-hydrogen) atoms. The van der Waals surface area contributed by atoms with Crippen molar-refractivity contribution >= 4 is 15.9 Å². The highest BCUT2D eigenvalue weighted by atomic mass is 79.9. The lowest BCUT2D eigenvalue weighted by atomic mass is 10.2. The first-order chi connectivity index (χ1) is 7.29. The summed E-state index contributed by atoms with van der Waals surface area (Å²) in [6.07, 6.45) is 3.19. The normalized spacial score (nSPS) is 10.0. The number of nitrogens with zero attached hydrogens (tertiary/aromatic N) is 3. The van der Waals surface area contributed by atoms with Gasteiger partial charge in [0, 0.05) is 17.8 Å². The van der Waals surface area contributed by atoms with E-state index >= 15 is 0 Å². The molecule has 0 aliphatic carbocycles. The summed E-state index contributed by atoms with van der Waals surface area (Å²) in [5.74, 6) is 0.572. The molecule has 0 atom stereocenters. The number of hydrogen-bond acceptors (Lipinski definition) is 4. The first-order valence-electron chi connectivity index (χ1n) is 4.27. The minimum absolute atomic E-state index is 0.572. The van der Waals surface area contributed by atoms with Crippen LogP contribution in [0.2, 0.25) is 0 Å². The van der Waals surface area contributed by atoms with Crippen molar-refractivity contribution < 1.29 is 4.74 Å². The number of ether oxygens (including phenoxy) is 1. The minimum Gasteiger partial charge on any atom is -0.481 e. The van der Waals surface area contributed by atoms with Crippen LogP contribution in [0.1, 0.15) is 0 Å². The Bertz CT molecular complexity index is 476. The van der Waals surface area contributed by atoms with Crippen LogP contribution in [0.15, 0.2) is 35.3 Å². The maximum atomic E-state index is 5.04. The van der Waals surface area contributed by atoms with Gasteiger partial charge < -0.3 is 4.74 Å². The quantitative estimate of drug-likeness (QED) is 0.782. The van der Waals surface area contributed by atoms with E-state index in [1.807, 2.05) is 18.2 Å². The van der Waals surface area contributed by atoms with Crippen molar-refractivity contribution in [2.45, 2.75) is 0 Å². The Morgan fingerprint density at radius 3 is 2.80 bits per heavy atom. The molecule has 2 heterocycles. The molecular formula is C10H8BrN3O. The summed E-state index contributed by atoms with van der Waals surface area (Å²) < 4.78 is 5.79. The fraction of sp³-hybridized carbons (Fsp3) is 0.100. The molecule has 0 aliphatic heterocycles. The zero-order chi connectivity index (χ0) is 10.7. The lowest BCUT2D eigenvalue weighted by Crippen LogP contribution is -1.89. The van der Waals surface area contributed by atoms with Gasteiger partial charge in [-0.3, -0.25) is 0 Å². The summed E-state index contributed by atoms with van der Waals surface area (Å²) in [5, 5.41) is 0. The summed E-state index contributed by atoms with van der Waals surface area (Å²) in [7, 11) is 1.59. The molecule has 0 amide bonds. The number of methoxy groups -OCH3 is 1. The summed E-state index contributed by atoms with van der Waals surface area (Å²) in [5.41, 5.74) is 1.78. The van der Waals surface area contributed by atoms with Gasteiger partial charge in [-0.15, -0.1) is 0 Å². The molecule has 0 spiro atoms. The monoisotopic (exact) mass is 265 g/mol. The van der Waals surface area contributed by atoms with Crippen LogP contribution in [0.25, 0.3) is 11.3 Å². The van der Waals surface area contributed by atoms with Gasteiger partial charge in [0.15, 0.2) is 0 Å². The van der Waals surface area contributed by atoms with Gasteiger partial charge in [-0.1, -0.05) is 0 Å². The second-order valence-corrected chi connectivity index (χ2v) is 3.63. The molecule has 0 radical (unpaired) electrons. The molecule has 0 saturated heterocycles. The van der Waals surface area contributed by atoms with Gasteiger partial charge in [-0.05, 0) is 28.1 Å². The Morgan fingerprint density at radius 1 is 1.20 bits per heavy atom. The molecule has 0 aliphatic rings. The maximum absolute atomic E-state index is 5.04. The first kappa shape index (κ1) is 10.0. The lowest BCUT2D eigenvalue weighted by Gasteiger charge is -2.02. The van der Waals surface area contributed by atoms with E-state index in [1.54, 1.807) is 13.3 Å². The van der Waals surface area contributed by atoms with Gasteiger partial charge in [0.25, 0.3) is 0 Å². The van der Waals surface area contributed by atoms with Gasteiger partial charge in [0.05, 0.1) is 12.8 Å². The molecule has 0 unspecified atom stereocenters. The second kappa shape index (κ2) is 4.35. The van der Waals surface area contributed by atoms with Crippen LogP contribution in [0.3, 0.4) is 0 Å². The molecule has 2 aromatic heterocycles. The van der Waals surface area contributed by atoms with Crippen molar-refractivity contribution in [2.24, 2.45) is 0 Å². The third kappa shape index (κ3) is 2.30. The third-order valence-corrected chi connectivity index (χ3v) is 2.31. The Hall–Kier alpha value is -1.49. The lowest BCUT2D eigenvalue weighted by molar-refractivity contribution is 0.398. The van der Waals surface area contributed by atoms with Crippen LogP contribution in [-0.4, -0.2) is 22.1 Å². The molecule has 0 N–H and O–H groups in total. The van der Waals surface area contributed by atoms with Crippen LogP contribution < -0.4 is 4.74 Å². The van der Waals surface area contributed by atoms with E-state index in [1.165, 1.54) is 6.33 Å². The topological polar surface area (TPSA) is 47.9 Å². The van der Waals surface area contributed by atoms with Crippen molar-refractivity contribution in [2.75, 3.05) is 7.11 Å². The Labute approximate surface area is 95.5 Å². The van der Waals surface area contributed by atoms with Crippen molar-refractivity contribution in [1.29, 1.82) is 0 Å². The molecular weight excluding hydrogens is 258 g/mol. The maximum Gasteiger partial charge on any atom is 0.213 e. The predicted molar refractivity (Wildman–Crippen MR) is 59.5 cm³/mol. The standard InChI is InChI=1S/C10H8BrN3O/c1-15-10-4-7(2-3-12-10)8-5-9(11)14-6-13-8/h2-6H,1H3. The Kier molecular flexibility index (Phi) is 2.91. The fourth-order valence-corrected chi connectivity index (χ4v) is 1.48. The van der Waals surface area contributed by atoms with E-state index in [9.17, 15) is 0 Å². The fourth-order valence-electron chi connectivity index (χ4n) is 1.17. The van der Waals surface area contributed by atoms with Gasteiger partial charge in [0.1, 0.15) is 10.9 Å². The molecule has 76 valence electrons. The van der Waals surface area contributed by atoms with E-state index in [0.717, 1.165) is 15.9 Å². The summed E-state index contributed by atoms with van der Waals surface area (Å²) in [6.45, 7) is 0. The summed E-state index contributed by atoms with van der Waals surface area (Å²) >= 11 is 3.30. The first-order valence-corrected chi connectivity index (χ1v) is 5.07. The highest BCUT2D eigenvalue weighted by molar-refractivity contribution is 9.10. The van der Waals surface area contributed by atoms with Gasteiger partial charge in [-0.2, -0.15) is 0 Å². The second-order valence-electron chi connectivity index (χ2n) is 2.81. The number of hydrogen-bond donors (Lipinski definition) is 0. The average molecular weight is 266 g/mol.